The quantitative estimate of drug-likeness (QED) is 0.755. The first-order valence-corrected chi connectivity index (χ1v) is 9.93. The van der Waals surface area contributed by atoms with Crippen LogP contribution in [-0.2, 0) is 19.4 Å². The Kier molecular flexibility index (Phi) is 3.91. The minimum atomic E-state index is 0.0957. The zero-order valence-corrected chi connectivity index (χ0v) is 15.7. The Morgan fingerprint density at radius 2 is 1.96 bits per heavy atom. The number of hydrogen-bond donors (Lipinski definition) is 1. The Balaban J connectivity index is 1.41. The van der Waals surface area contributed by atoms with Crippen LogP contribution >= 0.6 is 11.3 Å². The average Bonchev–Trinajstić information content (AvgIpc) is 3.22. The number of rotatable bonds is 3. The molecule has 0 aromatic carbocycles. The number of thiophene rings is 1. The van der Waals surface area contributed by atoms with Gasteiger partial charge < -0.3 is 10.0 Å². The standard InChI is InChI=1S/C18H22N6OS/c1-22-4-6-23(7-5-22)8-9-24-14-3-2-12-15-17(25)19-11-20-18(15)26-16(12)13(14)10-21-24/h10-11H,2-9H2,1H3,(H,19,20,25). The minimum absolute atomic E-state index is 0.0957. The highest BCUT2D eigenvalue weighted by molar-refractivity contribution is 7.22. The monoisotopic (exact) mass is 370 g/mol. The van der Waals surface area contributed by atoms with E-state index in [1.54, 1.807) is 11.3 Å². The minimum Gasteiger partial charge on any atom is -0.493 e. The number of hydrogen-bond acceptors (Lipinski definition) is 7. The van der Waals surface area contributed by atoms with Gasteiger partial charge in [0.1, 0.15) is 11.2 Å². The first-order valence-electron chi connectivity index (χ1n) is 9.12. The summed E-state index contributed by atoms with van der Waals surface area (Å²) in [5.41, 5.74) is 3.69. The molecule has 26 heavy (non-hydrogen) atoms. The molecule has 0 spiro atoms. The second-order valence-corrected chi connectivity index (χ2v) is 8.16. The molecular weight excluding hydrogens is 348 g/mol. The van der Waals surface area contributed by atoms with Crippen LogP contribution in [0.2, 0.25) is 0 Å². The summed E-state index contributed by atoms with van der Waals surface area (Å²) in [5.74, 6) is 0.0957. The predicted molar refractivity (Wildman–Crippen MR) is 102 cm³/mol. The van der Waals surface area contributed by atoms with Crippen LogP contribution in [0.4, 0.5) is 0 Å². The fourth-order valence-electron chi connectivity index (χ4n) is 4.04. The van der Waals surface area contributed by atoms with Crippen molar-refractivity contribution < 1.29 is 5.11 Å². The number of aromatic nitrogens is 4. The van der Waals surface area contributed by atoms with Crippen molar-refractivity contribution in [1.82, 2.24) is 29.5 Å². The van der Waals surface area contributed by atoms with E-state index in [4.69, 9.17) is 0 Å². The van der Waals surface area contributed by atoms with E-state index in [-0.39, 0.29) is 5.88 Å². The number of likely N-dealkylation sites (N-methyl/N-ethyl adjacent to an activating group) is 1. The molecule has 1 aliphatic heterocycles. The lowest BCUT2D eigenvalue weighted by atomic mass is 9.95. The van der Waals surface area contributed by atoms with E-state index in [1.165, 1.54) is 28.0 Å². The summed E-state index contributed by atoms with van der Waals surface area (Å²) >= 11 is 1.64. The smallest absolute Gasteiger partial charge is 0.223 e. The van der Waals surface area contributed by atoms with Crippen LogP contribution in [0.5, 0.6) is 5.88 Å². The molecule has 0 saturated carbocycles. The molecule has 2 aliphatic rings. The first kappa shape index (κ1) is 16.2. The number of fused-ring (bicyclic) bond motifs is 5. The molecule has 0 amide bonds. The van der Waals surface area contributed by atoms with Gasteiger partial charge in [-0.3, -0.25) is 9.58 Å². The highest BCUT2D eigenvalue weighted by Crippen LogP contribution is 2.45. The fourth-order valence-corrected chi connectivity index (χ4v) is 5.26. The topological polar surface area (TPSA) is 70.3 Å². The number of nitrogens with zero attached hydrogens (tertiary/aromatic N) is 6. The summed E-state index contributed by atoms with van der Waals surface area (Å²) in [6.07, 6.45) is 5.27. The van der Waals surface area contributed by atoms with Crippen molar-refractivity contribution in [2.75, 3.05) is 39.8 Å². The molecule has 1 N–H and O–H groups in total. The average molecular weight is 370 g/mol. The molecule has 5 rings (SSSR count). The molecule has 3 aromatic heterocycles. The third-order valence-electron chi connectivity index (χ3n) is 5.60. The molecule has 1 saturated heterocycles. The van der Waals surface area contributed by atoms with E-state index in [9.17, 15) is 5.11 Å². The summed E-state index contributed by atoms with van der Waals surface area (Å²) in [7, 11) is 2.19. The Labute approximate surface area is 155 Å². The van der Waals surface area contributed by atoms with Gasteiger partial charge in [0.05, 0.1) is 18.1 Å². The second-order valence-electron chi connectivity index (χ2n) is 7.16. The van der Waals surface area contributed by atoms with Crippen LogP contribution in [0.15, 0.2) is 12.5 Å². The molecule has 4 heterocycles. The van der Waals surface area contributed by atoms with Gasteiger partial charge in [-0.05, 0) is 25.5 Å². The van der Waals surface area contributed by atoms with Crippen molar-refractivity contribution >= 4 is 21.6 Å². The molecule has 0 radical (unpaired) electrons. The normalized spacial score (nSPS) is 18.2. The molecule has 7 nitrogen and oxygen atoms in total. The summed E-state index contributed by atoms with van der Waals surface area (Å²) in [5, 5.41) is 15.6. The Hall–Kier alpha value is -2.03. The van der Waals surface area contributed by atoms with Gasteiger partial charge in [-0.25, -0.2) is 9.97 Å². The van der Waals surface area contributed by atoms with Crippen molar-refractivity contribution in [2.24, 2.45) is 0 Å². The van der Waals surface area contributed by atoms with E-state index in [1.807, 2.05) is 6.20 Å². The largest absolute Gasteiger partial charge is 0.493 e. The highest BCUT2D eigenvalue weighted by Gasteiger charge is 2.27. The van der Waals surface area contributed by atoms with Crippen molar-refractivity contribution in [3.63, 3.8) is 0 Å². The molecular formula is C18H22N6OS. The Morgan fingerprint density at radius 3 is 2.81 bits per heavy atom. The molecule has 136 valence electrons. The zero-order valence-electron chi connectivity index (χ0n) is 14.9. The maximum absolute atomic E-state index is 10.1. The van der Waals surface area contributed by atoms with Gasteiger partial charge in [-0.2, -0.15) is 5.10 Å². The zero-order chi connectivity index (χ0) is 17.7. The fraction of sp³-hybridized carbons (Fsp3) is 0.500. The Bertz CT molecular complexity index is 956. The number of aryl methyl sites for hydroxylation is 1. The highest BCUT2D eigenvalue weighted by atomic mass is 32.1. The third kappa shape index (κ3) is 2.60. The van der Waals surface area contributed by atoms with Crippen LogP contribution in [-0.4, -0.2) is 74.4 Å². The van der Waals surface area contributed by atoms with Crippen LogP contribution in [0, 0.1) is 0 Å². The van der Waals surface area contributed by atoms with Gasteiger partial charge in [0.15, 0.2) is 0 Å². The lowest BCUT2D eigenvalue weighted by molar-refractivity contribution is 0.148. The van der Waals surface area contributed by atoms with Crippen LogP contribution < -0.4 is 0 Å². The third-order valence-corrected chi connectivity index (χ3v) is 6.77. The second kappa shape index (κ2) is 6.29. The SMILES string of the molecule is CN1CCN(CCn2ncc3c2CCc2c-3sc3ncnc(O)c23)CC1. The van der Waals surface area contributed by atoms with E-state index in [0.717, 1.165) is 62.3 Å². The summed E-state index contributed by atoms with van der Waals surface area (Å²) in [6, 6.07) is 0. The van der Waals surface area contributed by atoms with Gasteiger partial charge >= 0.3 is 0 Å². The van der Waals surface area contributed by atoms with Crippen LogP contribution in [0.1, 0.15) is 11.3 Å². The summed E-state index contributed by atoms with van der Waals surface area (Å²) < 4.78 is 2.17. The van der Waals surface area contributed by atoms with E-state index in [0.29, 0.717) is 0 Å². The van der Waals surface area contributed by atoms with Gasteiger partial charge in [-0.1, -0.05) is 0 Å². The van der Waals surface area contributed by atoms with Gasteiger partial charge in [-0.15, -0.1) is 11.3 Å². The van der Waals surface area contributed by atoms with Gasteiger partial charge in [0, 0.05) is 48.9 Å². The molecule has 1 aliphatic carbocycles. The first-order chi connectivity index (χ1) is 12.7. The summed E-state index contributed by atoms with van der Waals surface area (Å²) in [6.45, 7) is 6.55. The van der Waals surface area contributed by atoms with Crippen molar-refractivity contribution in [3.05, 3.63) is 23.8 Å². The Morgan fingerprint density at radius 1 is 1.12 bits per heavy atom. The van der Waals surface area contributed by atoms with Gasteiger partial charge in [0.25, 0.3) is 0 Å². The number of piperazine rings is 1. The molecule has 1 fully saturated rings. The number of aromatic hydroxyl groups is 1. The van der Waals surface area contributed by atoms with Crippen molar-refractivity contribution in [3.8, 4) is 16.3 Å². The molecule has 0 unspecified atom stereocenters. The predicted octanol–water partition coefficient (Wildman–Crippen LogP) is 1.61. The maximum Gasteiger partial charge on any atom is 0.223 e. The van der Waals surface area contributed by atoms with Crippen molar-refractivity contribution in [2.45, 2.75) is 19.4 Å². The van der Waals surface area contributed by atoms with Crippen LogP contribution in [0.3, 0.4) is 0 Å². The maximum atomic E-state index is 10.1. The summed E-state index contributed by atoms with van der Waals surface area (Å²) in [4.78, 5) is 15.3. The lowest BCUT2D eigenvalue weighted by Crippen LogP contribution is -2.45. The molecule has 0 atom stereocenters. The van der Waals surface area contributed by atoms with E-state index >= 15 is 0 Å². The lowest BCUT2D eigenvalue weighted by Gasteiger charge is -2.32. The molecule has 8 heteroatoms. The van der Waals surface area contributed by atoms with Gasteiger partial charge in [0.2, 0.25) is 5.88 Å². The molecule has 3 aromatic rings. The van der Waals surface area contributed by atoms with E-state index in [2.05, 4.69) is 36.6 Å². The van der Waals surface area contributed by atoms with Crippen molar-refractivity contribution in [1.29, 1.82) is 0 Å². The van der Waals surface area contributed by atoms with E-state index < -0.39 is 0 Å². The van der Waals surface area contributed by atoms with Crippen LogP contribution in [0.25, 0.3) is 20.7 Å². The molecule has 0 bridgehead atoms.